The average molecular weight is 377 g/mol. The fraction of sp³-hybridized carbons (Fsp3) is 0.278. The molecule has 0 aliphatic heterocycles. The van der Waals surface area contributed by atoms with Gasteiger partial charge in [-0.25, -0.2) is 9.59 Å². The molecule has 8 heteroatoms. The van der Waals surface area contributed by atoms with Gasteiger partial charge in [-0.3, -0.25) is 10.3 Å². The lowest BCUT2D eigenvalue weighted by Gasteiger charge is -2.18. The van der Waals surface area contributed by atoms with Crippen molar-refractivity contribution in [3.8, 4) is 0 Å². The summed E-state index contributed by atoms with van der Waals surface area (Å²) in [5, 5.41) is 5.93. The lowest BCUT2D eigenvalue weighted by Crippen LogP contribution is -2.39. The molecule has 26 heavy (non-hydrogen) atoms. The Labute approximate surface area is 157 Å². The molecule has 0 atom stereocenters. The molecule has 0 saturated heterocycles. The van der Waals surface area contributed by atoms with Crippen molar-refractivity contribution < 1.29 is 14.3 Å². The van der Waals surface area contributed by atoms with Gasteiger partial charge in [0.2, 0.25) is 0 Å². The zero-order valence-electron chi connectivity index (χ0n) is 14.7. The number of benzene rings is 1. The van der Waals surface area contributed by atoms with Gasteiger partial charge in [0, 0.05) is 24.3 Å². The fourth-order valence-electron chi connectivity index (χ4n) is 2.02. The molecule has 1 heterocycles. The minimum atomic E-state index is -0.597. The minimum Gasteiger partial charge on any atom is -0.447 e. The average Bonchev–Trinajstić information content (AvgIpc) is 2.62. The van der Waals surface area contributed by atoms with Crippen LogP contribution in [0.3, 0.4) is 0 Å². The number of aromatic nitrogens is 1. The van der Waals surface area contributed by atoms with Crippen molar-refractivity contribution in [3.63, 3.8) is 0 Å². The Balaban J connectivity index is 1.68. The van der Waals surface area contributed by atoms with Crippen LogP contribution in [0.2, 0.25) is 5.02 Å². The second-order valence-electron chi connectivity index (χ2n) is 5.62. The highest BCUT2D eigenvalue weighted by molar-refractivity contribution is 6.31. The van der Waals surface area contributed by atoms with E-state index in [1.807, 2.05) is 25.1 Å². The van der Waals surface area contributed by atoms with Crippen LogP contribution in [0.5, 0.6) is 0 Å². The summed E-state index contributed by atoms with van der Waals surface area (Å²) >= 11 is 6.05. The lowest BCUT2D eigenvalue weighted by atomic mass is 10.2. The molecular weight excluding hydrogens is 356 g/mol. The Morgan fingerprint density at radius 2 is 2.00 bits per heavy atom. The molecular formula is C18H21ClN4O3. The van der Waals surface area contributed by atoms with Crippen LogP contribution in [0.25, 0.3) is 0 Å². The van der Waals surface area contributed by atoms with Gasteiger partial charge in [-0.2, -0.15) is 0 Å². The predicted molar refractivity (Wildman–Crippen MR) is 100 cm³/mol. The largest absolute Gasteiger partial charge is 0.447 e. The van der Waals surface area contributed by atoms with Gasteiger partial charge in [-0.15, -0.1) is 0 Å². The van der Waals surface area contributed by atoms with Crippen LogP contribution in [0, 0.1) is 6.92 Å². The Hall–Kier alpha value is -2.80. The van der Waals surface area contributed by atoms with E-state index in [-0.39, 0.29) is 19.2 Å². The maximum atomic E-state index is 12.0. The topological polar surface area (TPSA) is 83.6 Å². The Morgan fingerprint density at radius 1 is 1.23 bits per heavy atom. The smallest absolute Gasteiger partial charge is 0.411 e. The monoisotopic (exact) mass is 376 g/mol. The van der Waals surface area contributed by atoms with Crippen LogP contribution in [0.1, 0.15) is 11.3 Å². The van der Waals surface area contributed by atoms with Crippen LogP contribution in [0.15, 0.2) is 42.6 Å². The third kappa shape index (κ3) is 6.25. The number of hydrogen-bond donors (Lipinski definition) is 2. The number of anilines is 1. The molecule has 2 rings (SSSR count). The van der Waals surface area contributed by atoms with Crippen LogP contribution < -0.4 is 10.6 Å². The number of likely N-dealkylation sites (N-methyl/N-ethyl adjacent to an activating group) is 1. The summed E-state index contributed by atoms with van der Waals surface area (Å²) in [7, 11) is 1.62. The molecule has 2 N–H and O–H groups in total. The van der Waals surface area contributed by atoms with E-state index in [0.717, 1.165) is 11.3 Å². The van der Waals surface area contributed by atoms with Gasteiger partial charge in [0.25, 0.3) is 0 Å². The van der Waals surface area contributed by atoms with Gasteiger partial charge in [-0.1, -0.05) is 29.8 Å². The van der Waals surface area contributed by atoms with Crippen molar-refractivity contribution in [3.05, 3.63) is 58.9 Å². The summed E-state index contributed by atoms with van der Waals surface area (Å²) in [5.41, 5.74) is 2.23. The SMILES string of the molecule is Cc1ccc(NC(=O)OCCN(C)C(=O)NCc2ccccc2Cl)cn1. The predicted octanol–water partition coefficient (Wildman–Crippen LogP) is 3.43. The summed E-state index contributed by atoms with van der Waals surface area (Å²) in [6.07, 6.45) is 0.950. The number of aryl methyl sites for hydroxylation is 1. The van der Waals surface area contributed by atoms with Gasteiger partial charge >= 0.3 is 12.1 Å². The number of pyridine rings is 1. The van der Waals surface area contributed by atoms with Gasteiger partial charge < -0.3 is 15.0 Å². The van der Waals surface area contributed by atoms with Crippen molar-refractivity contribution in [2.75, 3.05) is 25.5 Å². The number of nitrogens with one attached hydrogen (secondary N) is 2. The lowest BCUT2D eigenvalue weighted by molar-refractivity contribution is 0.146. The third-order valence-corrected chi connectivity index (χ3v) is 3.92. The van der Waals surface area contributed by atoms with Crippen LogP contribution in [-0.4, -0.2) is 42.2 Å². The first-order valence-electron chi connectivity index (χ1n) is 8.04. The minimum absolute atomic E-state index is 0.0706. The Morgan fingerprint density at radius 3 is 2.69 bits per heavy atom. The van der Waals surface area contributed by atoms with Gasteiger partial charge in [-0.05, 0) is 30.7 Å². The second-order valence-corrected chi connectivity index (χ2v) is 6.03. The third-order valence-electron chi connectivity index (χ3n) is 3.55. The van der Waals surface area contributed by atoms with Crippen molar-refractivity contribution in [1.29, 1.82) is 0 Å². The maximum Gasteiger partial charge on any atom is 0.411 e. The first-order chi connectivity index (χ1) is 12.5. The molecule has 0 bridgehead atoms. The van der Waals surface area contributed by atoms with Crippen molar-refractivity contribution >= 4 is 29.4 Å². The van der Waals surface area contributed by atoms with Crippen LogP contribution in [0.4, 0.5) is 15.3 Å². The molecule has 2 aromatic rings. The number of urea groups is 1. The van der Waals surface area contributed by atoms with Crippen LogP contribution >= 0.6 is 11.6 Å². The van der Waals surface area contributed by atoms with E-state index < -0.39 is 6.09 Å². The number of hydrogen-bond acceptors (Lipinski definition) is 4. The van der Waals surface area contributed by atoms with Gasteiger partial charge in [0.15, 0.2) is 0 Å². The zero-order valence-corrected chi connectivity index (χ0v) is 15.4. The number of rotatable bonds is 6. The van der Waals surface area contributed by atoms with Gasteiger partial charge in [0.05, 0.1) is 18.4 Å². The van der Waals surface area contributed by atoms with E-state index in [1.165, 1.54) is 4.90 Å². The zero-order chi connectivity index (χ0) is 18.9. The maximum absolute atomic E-state index is 12.0. The van der Waals surface area contributed by atoms with E-state index in [4.69, 9.17) is 16.3 Å². The number of carbonyl (C=O) groups excluding carboxylic acids is 2. The Bertz CT molecular complexity index is 752. The van der Waals surface area contributed by atoms with Gasteiger partial charge in [0.1, 0.15) is 6.61 Å². The van der Waals surface area contributed by atoms with E-state index >= 15 is 0 Å². The number of ether oxygens (including phenoxy) is 1. The molecule has 138 valence electrons. The van der Waals surface area contributed by atoms with E-state index in [9.17, 15) is 9.59 Å². The normalized spacial score (nSPS) is 10.1. The molecule has 0 unspecified atom stereocenters. The molecule has 0 saturated carbocycles. The Kier molecular flexibility index (Phi) is 7.23. The molecule has 0 spiro atoms. The van der Waals surface area contributed by atoms with E-state index in [2.05, 4.69) is 15.6 Å². The quantitative estimate of drug-likeness (QED) is 0.809. The van der Waals surface area contributed by atoms with Crippen LogP contribution in [-0.2, 0) is 11.3 Å². The highest BCUT2D eigenvalue weighted by Crippen LogP contribution is 2.14. The highest BCUT2D eigenvalue weighted by atomic mass is 35.5. The van der Waals surface area contributed by atoms with E-state index in [0.29, 0.717) is 17.3 Å². The summed E-state index contributed by atoms with van der Waals surface area (Å²) in [6.45, 7) is 2.51. The molecule has 0 fully saturated rings. The number of carbonyl (C=O) groups is 2. The summed E-state index contributed by atoms with van der Waals surface area (Å²) in [6, 6.07) is 10.5. The first-order valence-corrected chi connectivity index (χ1v) is 8.42. The molecule has 1 aromatic heterocycles. The van der Waals surface area contributed by atoms with Crippen molar-refractivity contribution in [2.24, 2.45) is 0 Å². The number of amides is 3. The summed E-state index contributed by atoms with van der Waals surface area (Å²) < 4.78 is 5.06. The highest BCUT2D eigenvalue weighted by Gasteiger charge is 2.10. The molecule has 0 aliphatic rings. The first kappa shape index (κ1) is 19.5. The summed E-state index contributed by atoms with van der Waals surface area (Å²) in [4.78, 5) is 29.2. The number of nitrogens with zero attached hydrogens (tertiary/aromatic N) is 2. The second kappa shape index (κ2) is 9.62. The fourth-order valence-corrected chi connectivity index (χ4v) is 2.22. The molecule has 0 aliphatic carbocycles. The molecule has 0 radical (unpaired) electrons. The molecule has 1 aromatic carbocycles. The van der Waals surface area contributed by atoms with Crippen molar-refractivity contribution in [2.45, 2.75) is 13.5 Å². The molecule has 7 nitrogen and oxygen atoms in total. The standard InChI is InChI=1S/C18H21ClN4O3/c1-13-7-8-15(12-20-13)22-18(25)26-10-9-23(2)17(24)21-11-14-5-3-4-6-16(14)19/h3-8,12H,9-11H2,1-2H3,(H,21,24)(H,22,25). The number of halogens is 1. The van der Waals surface area contributed by atoms with Crippen molar-refractivity contribution in [1.82, 2.24) is 15.2 Å². The summed E-state index contributed by atoms with van der Waals surface area (Å²) in [5.74, 6) is 0. The molecule has 3 amide bonds. The van der Waals surface area contributed by atoms with E-state index in [1.54, 1.807) is 31.4 Å².